The number of rotatable bonds is 5. The zero-order chi connectivity index (χ0) is 20.4. The van der Waals surface area contributed by atoms with Gasteiger partial charge in [-0.2, -0.15) is 0 Å². The van der Waals surface area contributed by atoms with Gasteiger partial charge in [-0.1, -0.05) is 39.0 Å². The van der Waals surface area contributed by atoms with Crippen LogP contribution >= 0.6 is 0 Å². The number of nitrogens with one attached hydrogen (secondary N) is 2. The molecule has 2 aromatic carbocycles. The molecule has 6 nitrogen and oxygen atoms in total. The van der Waals surface area contributed by atoms with Crippen LogP contribution in [0.3, 0.4) is 0 Å². The number of amides is 1. The fourth-order valence-corrected chi connectivity index (χ4v) is 3.66. The second-order valence-electron chi connectivity index (χ2n) is 7.39. The molecule has 146 valence electrons. The number of carbonyl (C=O) groups excluding carboxylic acids is 1. The standard InChI is InChI=1S/C21H22N2O4S/c1-21(2,3)15-9-11-18(12-10-15)28(25,26)23-17-7-4-6-16(14-17)22-20(24)19-8-5-13-27-19/h4-14,23H,1-3H3,(H,22,24). The fraction of sp³-hybridized carbons (Fsp3) is 0.190. The minimum atomic E-state index is -3.75. The summed E-state index contributed by atoms with van der Waals surface area (Å²) < 4.78 is 32.9. The number of furan rings is 1. The summed E-state index contributed by atoms with van der Waals surface area (Å²) in [5, 5.41) is 2.67. The lowest BCUT2D eigenvalue weighted by atomic mass is 9.87. The van der Waals surface area contributed by atoms with E-state index in [0.717, 1.165) is 5.56 Å². The van der Waals surface area contributed by atoms with E-state index in [-0.39, 0.29) is 16.1 Å². The van der Waals surface area contributed by atoms with Gasteiger partial charge in [0, 0.05) is 5.69 Å². The molecule has 0 bridgehead atoms. The average Bonchev–Trinajstić information content (AvgIpc) is 3.16. The predicted octanol–water partition coefficient (Wildman–Crippen LogP) is 4.63. The first-order chi connectivity index (χ1) is 13.1. The van der Waals surface area contributed by atoms with Crippen LogP contribution in [-0.4, -0.2) is 14.3 Å². The molecule has 7 heteroatoms. The molecule has 1 amide bonds. The molecule has 0 spiro atoms. The molecule has 28 heavy (non-hydrogen) atoms. The molecule has 2 N–H and O–H groups in total. The normalized spacial score (nSPS) is 11.8. The highest BCUT2D eigenvalue weighted by molar-refractivity contribution is 7.92. The molecule has 0 aliphatic carbocycles. The molecule has 3 rings (SSSR count). The van der Waals surface area contributed by atoms with Crippen LogP contribution in [0.2, 0.25) is 0 Å². The van der Waals surface area contributed by atoms with Gasteiger partial charge in [-0.3, -0.25) is 9.52 Å². The molecule has 0 saturated carbocycles. The lowest BCUT2D eigenvalue weighted by molar-refractivity contribution is 0.0996. The molecule has 0 fully saturated rings. The van der Waals surface area contributed by atoms with Gasteiger partial charge in [-0.15, -0.1) is 0 Å². The Bertz CT molecular complexity index is 1060. The number of carbonyl (C=O) groups is 1. The van der Waals surface area contributed by atoms with Gasteiger partial charge < -0.3 is 9.73 Å². The summed E-state index contributed by atoms with van der Waals surface area (Å²) in [6, 6.07) is 16.4. The SMILES string of the molecule is CC(C)(C)c1ccc(S(=O)(=O)Nc2cccc(NC(=O)c3ccco3)c2)cc1. The van der Waals surface area contributed by atoms with Crippen molar-refractivity contribution >= 4 is 27.3 Å². The third-order valence-electron chi connectivity index (χ3n) is 4.15. The summed E-state index contributed by atoms with van der Waals surface area (Å²) in [6.07, 6.45) is 1.41. The van der Waals surface area contributed by atoms with Crippen molar-refractivity contribution < 1.29 is 17.6 Å². The van der Waals surface area contributed by atoms with Crippen LogP contribution in [0.5, 0.6) is 0 Å². The van der Waals surface area contributed by atoms with E-state index in [9.17, 15) is 13.2 Å². The number of benzene rings is 2. The van der Waals surface area contributed by atoms with Crippen molar-refractivity contribution in [3.63, 3.8) is 0 Å². The van der Waals surface area contributed by atoms with Crippen LogP contribution in [0.15, 0.2) is 76.2 Å². The van der Waals surface area contributed by atoms with Crippen LogP contribution in [0.25, 0.3) is 0 Å². The van der Waals surface area contributed by atoms with E-state index < -0.39 is 15.9 Å². The Morgan fingerprint density at radius 3 is 2.21 bits per heavy atom. The van der Waals surface area contributed by atoms with Gasteiger partial charge >= 0.3 is 0 Å². The first-order valence-corrected chi connectivity index (χ1v) is 10.2. The van der Waals surface area contributed by atoms with E-state index in [1.807, 2.05) is 12.1 Å². The first-order valence-electron chi connectivity index (χ1n) is 8.73. The van der Waals surface area contributed by atoms with Crippen molar-refractivity contribution in [2.24, 2.45) is 0 Å². The summed E-state index contributed by atoms with van der Waals surface area (Å²) in [5.74, 6) is -0.243. The van der Waals surface area contributed by atoms with Crippen molar-refractivity contribution in [3.05, 3.63) is 78.3 Å². The van der Waals surface area contributed by atoms with Gasteiger partial charge in [0.15, 0.2) is 5.76 Å². The summed E-state index contributed by atoms with van der Waals surface area (Å²) in [5.41, 5.74) is 1.78. The summed E-state index contributed by atoms with van der Waals surface area (Å²) in [7, 11) is -3.75. The Kier molecular flexibility index (Phi) is 5.29. The van der Waals surface area contributed by atoms with Crippen molar-refractivity contribution in [2.45, 2.75) is 31.1 Å². The van der Waals surface area contributed by atoms with Crippen LogP contribution in [0.1, 0.15) is 36.9 Å². The number of hydrogen-bond donors (Lipinski definition) is 2. The molecule has 0 aliphatic heterocycles. The molecule has 0 radical (unpaired) electrons. The van der Waals surface area contributed by atoms with Gasteiger partial charge in [0.2, 0.25) is 0 Å². The quantitative estimate of drug-likeness (QED) is 0.656. The first kappa shape index (κ1) is 19.7. The zero-order valence-electron chi connectivity index (χ0n) is 15.9. The highest BCUT2D eigenvalue weighted by Crippen LogP contribution is 2.25. The summed E-state index contributed by atoms with van der Waals surface area (Å²) in [4.78, 5) is 12.2. The molecule has 0 unspecified atom stereocenters. The van der Waals surface area contributed by atoms with E-state index in [2.05, 4.69) is 30.8 Å². The van der Waals surface area contributed by atoms with E-state index in [1.165, 1.54) is 6.26 Å². The minimum absolute atomic E-state index is 0.0593. The highest BCUT2D eigenvalue weighted by Gasteiger charge is 2.18. The Morgan fingerprint density at radius 2 is 1.61 bits per heavy atom. The van der Waals surface area contributed by atoms with E-state index in [1.54, 1.807) is 48.5 Å². The van der Waals surface area contributed by atoms with Gasteiger partial charge in [0.25, 0.3) is 15.9 Å². The second kappa shape index (κ2) is 7.52. The van der Waals surface area contributed by atoms with Crippen molar-refractivity contribution in [3.8, 4) is 0 Å². The maximum absolute atomic E-state index is 12.7. The molecule has 0 atom stereocenters. The topological polar surface area (TPSA) is 88.4 Å². The smallest absolute Gasteiger partial charge is 0.291 e. The molecular weight excluding hydrogens is 376 g/mol. The number of hydrogen-bond acceptors (Lipinski definition) is 4. The fourth-order valence-electron chi connectivity index (χ4n) is 2.61. The van der Waals surface area contributed by atoms with Crippen LogP contribution in [0, 0.1) is 0 Å². The van der Waals surface area contributed by atoms with E-state index in [0.29, 0.717) is 11.4 Å². The third kappa shape index (κ3) is 4.61. The van der Waals surface area contributed by atoms with E-state index in [4.69, 9.17) is 4.42 Å². The van der Waals surface area contributed by atoms with Crippen LogP contribution < -0.4 is 10.0 Å². The van der Waals surface area contributed by atoms with Crippen LogP contribution in [-0.2, 0) is 15.4 Å². The summed E-state index contributed by atoms with van der Waals surface area (Å²) >= 11 is 0. The molecule has 1 aromatic heterocycles. The maximum Gasteiger partial charge on any atom is 0.291 e. The second-order valence-corrected chi connectivity index (χ2v) is 9.07. The zero-order valence-corrected chi connectivity index (χ0v) is 16.7. The van der Waals surface area contributed by atoms with Crippen molar-refractivity contribution in [2.75, 3.05) is 10.0 Å². The lowest BCUT2D eigenvalue weighted by Gasteiger charge is -2.19. The molecular formula is C21H22N2O4S. The van der Waals surface area contributed by atoms with Crippen molar-refractivity contribution in [1.82, 2.24) is 0 Å². The van der Waals surface area contributed by atoms with Crippen molar-refractivity contribution in [1.29, 1.82) is 0 Å². The Hall–Kier alpha value is -3.06. The van der Waals surface area contributed by atoms with E-state index >= 15 is 0 Å². The monoisotopic (exact) mass is 398 g/mol. The van der Waals surface area contributed by atoms with Gasteiger partial charge in [-0.05, 0) is 53.4 Å². The minimum Gasteiger partial charge on any atom is -0.459 e. The third-order valence-corrected chi connectivity index (χ3v) is 5.55. The largest absolute Gasteiger partial charge is 0.459 e. The summed E-state index contributed by atoms with van der Waals surface area (Å²) in [6.45, 7) is 6.20. The van der Waals surface area contributed by atoms with Gasteiger partial charge in [0.05, 0.1) is 16.8 Å². The lowest BCUT2D eigenvalue weighted by Crippen LogP contribution is -2.15. The maximum atomic E-state index is 12.7. The average molecular weight is 398 g/mol. The molecule has 0 aliphatic rings. The molecule has 0 saturated heterocycles. The molecule has 1 heterocycles. The van der Waals surface area contributed by atoms with Gasteiger partial charge in [0.1, 0.15) is 0 Å². The predicted molar refractivity (Wildman–Crippen MR) is 109 cm³/mol. The molecule has 3 aromatic rings. The number of anilines is 2. The Labute approximate surface area is 164 Å². The Morgan fingerprint density at radius 1 is 0.929 bits per heavy atom. The Balaban J connectivity index is 1.76. The number of sulfonamides is 1. The van der Waals surface area contributed by atoms with Gasteiger partial charge in [-0.25, -0.2) is 8.42 Å². The van der Waals surface area contributed by atoms with Crippen LogP contribution in [0.4, 0.5) is 11.4 Å². The highest BCUT2D eigenvalue weighted by atomic mass is 32.2.